The Balaban J connectivity index is 1.65. The van der Waals surface area contributed by atoms with E-state index in [4.69, 9.17) is 0 Å². The van der Waals surface area contributed by atoms with Gasteiger partial charge in [-0.15, -0.1) is 0 Å². The molecule has 25 heavy (non-hydrogen) atoms. The molecule has 0 spiro atoms. The highest BCUT2D eigenvalue weighted by molar-refractivity contribution is 5.90. The van der Waals surface area contributed by atoms with Gasteiger partial charge < -0.3 is 9.47 Å². The molecule has 2 heterocycles. The van der Waals surface area contributed by atoms with Crippen molar-refractivity contribution in [3.63, 3.8) is 0 Å². The van der Waals surface area contributed by atoms with Crippen LogP contribution in [-0.2, 0) is 24.3 Å². The predicted octanol–water partition coefficient (Wildman–Crippen LogP) is 4.37. The monoisotopic (exact) mass is 330 g/mol. The third kappa shape index (κ3) is 2.22. The van der Waals surface area contributed by atoms with Crippen LogP contribution in [-0.4, -0.2) is 15.4 Å². The lowest BCUT2D eigenvalue weighted by Crippen LogP contribution is -2.43. The van der Waals surface area contributed by atoms with Gasteiger partial charge in [0.2, 0.25) is 5.91 Å². The molecule has 1 atom stereocenters. The lowest BCUT2D eigenvalue weighted by Gasteiger charge is -2.39. The molecule has 0 unspecified atom stereocenters. The first-order valence-corrected chi connectivity index (χ1v) is 9.17. The van der Waals surface area contributed by atoms with E-state index >= 15 is 0 Å². The lowest BCUT2D eigenvalue weighted by atomic mass is 9.89. The van der Waals surface area contributed by atoms with Crippen LogP contribution < -0.4 is 0 Å². The van der Waals surface area contributed by atoms with Gasteiger partial charge in [0.15, 0.2) is 0 Å². The Morgan fingerprint density at radius 3 is 2.80 bits per heavy atom. The Kier molecular flexibility index (Phi) is 3.24. The van der Waals surface area contributed by atoms with Crippen LogP contribution in [0, 0.1) is 6.92 Å². The van der Waals surface area contributed by atoms with Crippen LogP contribution in [0.4, 0.5) is 0 Å². The first-order valence-electron chi connectivity index (χ1n) is 9.17. The predicted molar refractivity (Wildman–Crippen MR) is 99.3 cm³/mol. The molecule has 126 valence electrons. The maximum Gasteiger partial charge on any atom is 0.243 e. The molecule has 3 nitrogen and oxygen atoms in total. The summed E-state index contributed by atoms with van der Waals surface area (Å²) in [6, 6.07) is 17.2. The van der Waals surface area contributed by atoms with Gasteiger partial charge in [0.25, 0.3) is 0 Å². The minimum atomic E-state index is 0.220. The van der Waals surface area contributed by atoms with E-state index in [0.717, 1.165) is 19.3 Å². The molecule has 0 bridgehead atoms. The molecule has 2 aromatic carbocycles. The Bertz CT molecular complexity index is 971. The highest BCUT2D eigenvalue weighted by Gasteiger charge is 2.38. The standard InChI is InChI=1S/C22H22N2O/c1-15-10-11-19-18(12-15)17-8-5-9-20-22(17)24(19)14-21(25)23(20)13-16-6-3-2-4-7-16/h2-4,6-7,10-12,20H,5,8-9,13-14H2,1H3/t20-/m1/s1. The number of benzene rings is 2. The number of aromatic nitrogens is 1. The van der Waals surface area contributed by atoms with Crippen molar-refractivity contribution in [2.75, 3.05) is 0 Å². The van der Waals surface area contributed by atoms with Crippen molar-refractivity contribution in [2.24, 2.45) is 0 Å². The molecule has 1 aromatic heterocycles. The fraction of sp³-hybridized carbons (Fsp3) is 0.318. The summed E-state index contributed by atoms with van der Waals surface area (Å²) in [7, 11) is 0. The molecule has 0 fully saturated rings. The molecule has 3 heteroatoms. The van der Waals surface area contributed by atoms with E-state index in [2.05, 4.69) is 58.9 Å². The number of carbonyl (C=O) groups is 1. The SMILES string of the molecule is Cc1ccc2c(c1)c1c3n2CC(=O)N(Cc2ccccc2)[C@@H]3CCC1. The third-order valence-corrected chi connectivity index (χ3v) is 5.77. The van der Waals surface area contributed by atoms with Gasteiger partial charge in [0.05, 0.1) is 6.04 Å². The first-order chi connectivity index (χ1) is 12.2. The summed E-state index contributed by atoms with van der Waals surface area (Å²) < 4.78 is 2.29. The van der Waals surface area contributed by atoms with Crippen LogP contribution >= 0.6 is 0 Å². The summed E-state index contributed by atoms with van der Waals surface area (Å²) in [5, 5.41) is 1.36. The minimum absolute atomic E-state index is 0.220. The number of aryl methyl sites for hydroxylation is 2. The lowest BCUT2D eigenvalue weighted by molar-refractivity contribution is -0.137. The van der Waals surface area contributed by atoms with E-state index in [1.54, 1.807) is 0 Å². The average molecular weight is 330 g/mol. The number of rotatable bonds is 2. The molecule has 0 saturated heterocycles. The zero-order valence-corrected chi connectivity index (χ0v) is 14.5. The van der Waals surface area contributed by atoms with Gasteiger partial charge in [0, 0.05) is 23.1 Å². The molecule has 3 aromatic rings. The van der Waals surface area contributed by atoms with Crippen molar-refractivity contribution in [1.82, 2.24) is 9.47 Å². The quantitative estimate of drug-likeness (QED) is 0.685. The second kappa shape index (κ2) is 5.48. The maximum absolute atomic E-state index is 13.0. The largest absolute Gasteiger partial charge is 0.333 e. The van der Waals surface area contributed by atoms with Crippen molar-refractivity contribution in [1.29, 1.82) is 0 Å². The van der Waals surface area contributed by atoms with Crippen molar-refractivity contribution < 1.29 is 4.79 Å². The van der Waals surface area contributed by atoms with Gasteiger partial charge >= 0.3 is 0 Å². The topological polar surface area (TPSA) is 25.2 Å². The van der Waals surface area contributed by atoms with E-state index in [9.17, 15) is 4.79 Å². The summed E-state index contributed by atoms with van der Waals surface area (Å²) in [4.78, 5) is 15.1. The molecule has 0 radical (unpaired) electrons. The van der Waals surface area contributed by atoms with Crippen LogP contribution in [0.5, 0.6) is 0 Å². The molecule has 0 saturated carbocycles. The van der Waals surface area contributed by atoms with Gasteiger partial charge in [-0.25, -0.2) is 0 Å². The van der Waals surface area contributed by atoms with Crippen LogP contribution in [0.15, 0.2) is 48.5 Å². The van der Waals surface area contributed by atoms with Gasteiger partial charge in [-0.2, -0.15) is 0 Å². The number of carbonyl (C=O) groups excluding carboxylic acids is 1. The molecule has 1 aliphatic carbocycles. The van der Waals surface area contributed by atoms with E-state index in [-0.39, 0.29) is 11.9 Å². The fourth-order valence-corrected chi connectivity index (χ4v) is 4.66. The molecule has 1 amide bonds. The number of amides is 1. The summed E-state index contributed by atoms with van der Waals surface area (Å²) in [5.74, 6) is 0.243. The molecule has 2 aliphatic rings. The summed E-state index contributed by atoms with van der Waals surface area (Å²) in [6.07, 6.45) is 3.36. The first kappa shape index (κ1) is 14.8. The van der Waals surface area contributed by atoms with Crippen LogP contribution in [0.25, 0.3) is 10.9 Å². The number of hydrogen-bond acceptors (Lipinski definition) is 1. The normalized spacial score (nSPS) is 19.3. The van der Waals surface area contributed by atoms with Gasteiger partial charge in [-0.3, -0.25) is 4.79 Å². The number of hydrogen-bond donors (Lipinski definition) is 0. The summed E-state index contributed by atoms with van der Waals surface area (Å²) in [6.45, 7) is 3.33. The number of nitrogens with zero attached hydrogens (tertiary/aromatic N) is 2. The third-order valence-electron chi connectivity index (χ3n) is 5.77. The average Bonchev–Trinajstić information content (AvgIpc) is 2.94. The molecule has 0 N–H and O–H groups in total. The van der Waals surface area contributed by atoms with Gasteiger partial charge in [0.1, 0.15) is 6.54 Å². The smallest absolute Gasteiger partial charge is 0.243 e. The second-order valence-corrected chi connectivity index (χ2v) is 7.39. The second-order valence-electron chi connectivity index (χ2n) is 7.39. The zero-order chi connectivity index (χ0) is 17.0. The van der Waals surface area contributed by atoms with Crippen molar-refractivity contribution in [2.45, 2.75) is 45.3 Å². The van der Waals surface area contributed by atoms with Crippen LogP contribution in [0.3, 0.4) is 0 Å². The molecule has 5 rings (SSSR count). The Hall–Kier alpha value is -2.55. The fourth-order valence-electron chi connectivity index (χ4n) is 4.66. The van der Waals surface area contributed by atoms with Crippen molar-refractivity contribution in [3.8, 4) is 0 Å². The maximum atomic E-state index is 13.0. The van der Waals surface area contributed by atoms with Gasteiger partial charge in [-0.1, -0.05) is 42.0 Å². The Morgan fingerprint density at radius 1 is 1.12 bits per heavy atom. The summed E-state index contributed by atoms with van der Waals surface area (Å²) >= 11 is 0. The van der Waals surface area contributed by atoms with E-state index < -0.39 is 0 Å². The molecule has 1 aliphatic heterocycles. The Morgan fingerprint density at radius 2 is 1.96 bits per heavy atom. The van der Waals surface area contributed by atoms with Crippen molar-refractivity contribution >= 4 is 16.8 Å². The van der Waals surface area contributed by atoms with E-state index in [1.807, 2.05) is 6.07 Å². The van der Waals surface area contributed by atoms with Crippen LogP contribution in [0.1, 0.15) is 41.3 Å². The van der Waals surface area contributed by atoms with Crippen LogP contribution in [0.2, 0.25) is 0 Å². The Labute approximate surface area is 147 Å². The minimum Gasteiger partial charge on any atom is -0.333 e. The highest BCUT2D eigenvalue weighted by Crippen LogP contribution is 2.43. The van der Waals surface area contributed by atoms with Gasteiger partial charge in [-0.05, 0) is 49.4 Å². The number of fused-ring (bicyclic) bond motifs is 3. The zero-order valence-electron chi connectivity index (χ0n) is 14.5. The molecular formula is C22H22N2O. The highest BCUT2D eigenvalue weighted by atomic mass is 16.2. The molecular weight excluding hydrogens is 308 g/mol. The summed E-state index contributed by atoms with van der Waals surface area (Å²) in [5.41, 5.74) is 6.60. The van der Waals surface area contributed by atoms with E-state index in [1.165, 1.54) is 33.3 Å². The van der Waals surface area contributed by atoms with Crippen molar-refractivity contribution in [3.05, 3.63) is 70.9 Å². The van der Waals surface area contributed by atoms with E-state index in [0.29, 0.717) is 13.1 Å².